The largest absolute Gasteiger partial charge is 0.478 e. The number of carboxylic acids is 1. The van der Waals surface area contributed by atoms with E-state index < -0.39 is 10.9 Å². The first-order chi connectivity index (χ1) is 8.77. The Morgan fingerprint density at radius 2 is 1.95 bits per heavy atom. The van der Waals surface area contributed by atoms with E-state index >= 15 is 0 Å². The number of hydrogen-bond donors (Lipinski definition) is 1. The van der Waals surface area contributed by atoms with E-state index in [9.17, 15) is 20.0 Å². The number of anilines is 1. The number of benzene rings is 1. The van der Waals surface area contributed by atoms with E-state index in [1.54, 1.807) is 11.9 Å². The minimum absolute atomic E-state index is 0.0146. The fourth-order valence-corrected chi connectivity index (χ4v) is 1.87. The lowest BCUT2D eigenvalue weighted by atomic mass is 10.0. The molecule has 0 heterocycles. The third kappa shape index (κ3) is 3.01. The summed E-state index contributed by atoms with van der Waals surface area (Å²) >= 11 is 0. The quantitative estimate of drug-likeness (QED) is 0.654. The van der Waals surface area contributed by atoms with Crippen molar-refractivity contribution >= 4 is 17.3 Å². The molecule has 0 radical (unpaired) electrons. The smallest absolute Gasteiger partial charge is 0.338 e. The predicted octanol–water partition coefficient (Wildman–Crippen LogP) is 2.77. The number of para-hydroxylation sites is 1. The molecule has 6 heteroatoms. The van der Waals surface area contributed by atoms with Crippen molar-refractivity contribution in [3.8, 4) is 0 Å². The molecule has 0 aliphatic heterocycles. The summed E-state index contributed by atoms with van der Waals surface area (Å²) in [4.78, 5) is 23.4. The Balaban J connectivity index is 3.44. The Kier molecular flexibility index (Phi) is 4.47. The summed E-state index contributed by atoms with van der Waals surface area (Å²) < 4.78 is 0. The third-order valence-corrected chi connectivity index (χ3v) is 3.37. The lowest BCUT2D eigenvalue weighted by Crippen LogP contribution is -2.34. The van der Waals surface area contributed by atoms with Crippen molar-refractivity contribution in [3.63, 3.8) is 0 Å². The van der Waals surface area contributed by atoms with Gasteiger partial charge in [0.25, 0.3) is 5.69 Å². The molecule has 0 aliphatic rings. The molecule has 0 aliphatic carbocycles. The number of carboxylic acid groups (broad SMARTS) is 1. The summed E-state index contributed by atoms with van der Waals surface area (Å²) in [7, 11) is 1.68. The van der Waals surface area contributed by atoms with Gasteiger partial charge in [-0.15, -0.1) is 0 Å². The Morgan fingerprint density at radius 3 is 2.37 bits per heavy atom. The van der Waals surface area contributed by atoms with Gasteiger partial charge in [0.05, 0.1) is 10.5 Å². The van der Waals surface area contributed by atoms with E-state index in [-0.39, 0.29) is 28.9 Å². The van der Waals surface area contributed by atoms with Crippen LogP contribution in [0.25, 0.3) is 0 Å². The van der Waals surface area contributed by atoms with Gasteiger partial charge in [0, 0.05) is 19.2 Å². The van der Waals surface area contributed by atoms with Crippen molar-refractivity contribution in [1.82, 2.24) is 0 Å². The number of aromatic carboxylic acids is 1. The second-order valence-corrected chi connectivity index (χ2v) is 4.83. The molecule has 6 nitrogen and oxygen atoms in total. The van der Waals surface area contributed by atoms with Crippen LogP contribution in [0.5, 0.6) is 0 Å². The van der Waals surface area contributed by atoms with Crippen LogP contribution in [0, 0.1) is 16.0 Å². The second-order valence-electron chi connectivity index (χ2n) is 4.83. The Labute approximate surface area is 111 Å². The summed E-state index contributed by atoms with van der Waals surface area (Å²) in [5, 5.41) is 20.3. The molecular formula is C13H18N2O4. The summed E-state index contributed by atoms with van der Waals surface area (Å²) in [5.74, 6) is -0.923. The van der Waals surface area contributed by atoms with Gasteiger partial charge in [0.15, 0.2) is 0 Å². The highest BCUT2D eigenvalue weighted by Crippen LogP contribution is 2.33. The highest BCUT2D eigenvalue weighted by molar-refractivity contribution is 5.97. The van der Waals surface area contributed by atoms with Gasteiger partial charge in [-0.25, -0.2) is 4.79 Å². The molecule has 0 bridgehead atoms. The van der Waals surface area contributed by atoms with Crippen LogP contribution in [0.4, 0.5) is 11.4 Å². The molecular weight excluding hydrogens is 248 g/mol. The van der Waals surface area contributed by atoms with Crippen LogP contribution in [-0.2, 0) is 0 Å². The van der Waals surface area contributed by atoms with E-state index in [1.165, 1.54) is 18.2 Å². The predicted molar refractivity (Wildman–Crippen MR) is 72.8 cm³/mol. The number of rotatable bonds is 5. The van der Waals surface area contributed by atoms with Crippen LogP contribution in [0.2, 0.25) is 0 Å². The maximum absolute atomic E-state index is 11.2. The maximum Gasteiger partial charge on any atom is 0.338 e. The van der Waals surface area contributed by atoms with Gasteiger partial charge < -0.3 is 10.0 Å². The Hall–Kier alpha value is -2.11. The van der Waals surface area contributed by atoms with Gasteiger partial charge in [-0.05, 0) is 18.9 Å². The zero-order chi connectivity index (χ0) is 14.7. The summed E-state index contributed by atoms with van der Waals surface area (Å²) in [6.45, 7) is 5.87. The molecule has 0 saturated carbocycles. The van der Waals surface area contributed by atoms with Crippen molar-refractivity contribution in [2.24, 2.45) is 5.92 Å². The molecule has 104 valence electrons. The van der Waals surface area contributed by atoms with E-state index in [0.29, 0.717) is 0 Å². The fraction of sp³-hybridized carbons (Fsp3) is 0.462. The first-order valence-electron chi connectivity index (χ1n) is 6.00. The zero-order valence-corrected chi connectivity index (χ0v) is 11.5. The van der Waals surface area contributed by atoms with Crippen molar-refractivity contribution in [3.05, 3.63) is 33.9 Å². The van der Waals surface area contributed by atoms with Gasteiger partial charge >= 0.3 is 5.97 Å². The first-order valence-corrected chi connectivity index (χ1v) is 6.00. The molecule has 1 rings (SSSR count). The number of nitro groups is 1. The van der Waals surface area contributed by atoms with Gasteiger partial charge in [-0.1, -0.05) is 19.9 Å². The van der Waals surface area contributed by atoms with Gasteiger partial charge in [0.1, 0.15) is 5.69 Å². The van der Waals surface area contributed by atoms with E-state index in [4.69, 9.17) is 0 Å². The molecule has 1 aromatic rings. The van der Waals surface area contributed by atoms with E-state index in [0.717, 1.165) is 0 Å². The molecule has 0 saturated heterocycles. The molecule has 19 heavy (non-hydrogen) atoms. The van der Waals surface area contributed by atoms with Crippen LogP contribution in [-0.4, -0.2) is 29.1 Å². The maximum atomic E-state index is 11.2. The number of nitro benzene ring substituents is 1. The highest BCUT2D eigenvalue weighted by atomic mass is 16.6. The van der Waals surface area contributed by atoms with Gasteiger partial charge in [-0.2, -0.15) is 0 Å². The minimum Gasteiger partial charge on any atom is -0.478 e. The van der Waals surface area contributed by atoms with E-state index in [2.05, 4.69) is 0 Å². The van der Waals surface area contributed by atoms with Crippen molar-refractivity contribution < 1.29 is 14.8 Å². The summed E-state index contributed by atoms with van der Waals surface area (Å²) in [5.41, 5.74) is -0.0831. The number of carbonyl (C=O) groups is 1. The lowest BCUT2D eigenvalue weighted by molar-refractivity contribution is -0.384. The van der Waals surface area contributed by atoms with Crippen molar-refractivity contribution in [2.75, 3.05) is 11.9 Å². The summed E-state index contributed by atoms with van der Waals surface area (Å²) in [6, 6.07) is 4.08. The lowest BCUT2D eigenvalue weighted by Gasteiger charge is -2.30. The van der Waals surface area contributed by atoms with Gasteiger partial charge in [-0.3, -0.25) is 10.1 Å². The SMILES string of the molecule is CC(C)C(C)N(C)c1c(C(=O)O)cccc1[N+](=O)[O-]. The summed E-state index contributed by atoms with van der Waals surface area (Å²) in [6.07, 6.45) is 0. The van der Waals surface area contributed by atoms with Crippen LogP contribution in [0.3, 0.4) is 0 Å². The fourth-order valence-electron chi connectivity index (χ4n) is 1.87. The molecule has 0 fully saturated rings. The molecule has 0 aromatic heterocycles. The highest BCUT2D eigenvalue weighted by Gasteiger charge is 2.27. The zero-order valence-electron chi connectivity index (χ0n) is 11.5. The molecule has 0 spiro atoms. The molecule has 1 aromatic carbocycles. The Morgan fingerprint density at radius 1 is 1.37 bits per heavy atom. The van der Waals surface area contributed by atoms with Crippen LogP contribution in [0.15, 0.2) is 18.2 Å². The molecule has 0 amide bonds. The number of nitrogens with zero attached hydrogens (tertiary/aromatic N) is 2. The monoisotopic (exact) mass is 266 g/mol. The molecule has 1 unspecified atom stereocenters. The third-order valence-electron chi connectivity index (χ3n) is 3.37. The van der Waals surface area contributed by atoms with E-state index in [1.807, 2.05) is 20.8 Å². The Bertz CT molecular complexity index is 467. The van der Waals surface area contributed by atoms with Crippen molar-refractivity contribution in [1.29, 1.82) is 0 Å². The minimum atomic E-state index is -1.17. The normalized spacial score (nSPS) is 12.3. The molecule has 1 atom stereocenters. The standard InChI is InChI=1S/C13H18N2O4/c1-8(2)9(3)14(4)12-10(13(16)17)6-5-7-11(12)15(18)19/h5-9H,1-4H3,(H,16,17). The number of hydrogen-bond acceptors (Lipinski definition) is 4. The van der Waals surface area contributed by atoms with Crippen LogP contribution < -0.4 is 4.90 Å². The van der Waals surface area contributed by atoms with Gasteiger partial charge in [0.2, 0.25) is 0 Å². The first kappa shape index (κ1) is 14.9. The van der Waals surface area contributed by atoms with Crippen molar-refractivity contribution in [2.45, 2.75) is 26.8 Å². The average molecular weight is 266 g/mol. The average Bonchev–Trinajstić information content (AvgIpc) is 2.35. The molecule has 1 N–H and O–H groups in total. The topological polar surface area (TPSA) is 83.7 Å². The second kappa shape index (κ2) is 5.69. The van der Waals surface area contributed by atoms with Crippen LogP contribution in [0.1, 0.15) is 31.1 Å². The van der Waals surface area contributed by atoms with Crippen LogP contribution >= 0.6 is 0 Å².